The summed E-state index contributed by atoms with van der Waals surface area (Å²) in [6, 6.07) is 7.47. The first kappa shape index (κ1) is 17.3. The maximum Gasteiger partial charge on any atom is 0.279 e. The second-order valence-electron chi connectivity index (χ2n) is 6.90. The van der Waals surface area contributed by atoms with E-state index in [1.54, 1.807) is 0 Å². The minimum absolute atomic E-state index is 0.0524. The Morgan fingerprint density at radius 1 is 1.11 bits per heavy atom. The fourth-order valence-electron chi connectivity index (χ4n) is 3.53. The SMILES string of the molecule is O=C(Nc1nc2ccccc2[nH]1)c1nc[nH]c1C(=O)NCC1CCCCC1. The van der Waals surface area contributed by atoms with Crippen LogP contribution >= 0.6 is 0 Å². The van der Waals surface area contributed by atoms with Gasteiger partial charge in [0.25, 0.3) is 11.8 Å². The van der Waals surface area contributed by atoms with Crippen LogP contribution in [0.3, 0.4) is 0 Å². The van der Waals surface area contributed by atoms with Crippen LogP contribution in [-0.2, 0) is 0 Å². The number of rotatable bonds is 5. The fourth-order valence-corrected chi connectivity index (χ4v) is 3.53. The van der Waals surface area contributed by atoms with Crippen LogP contribution in [0, 0.1) is 5.92 Å². The van der Waals surface area contributed by atoms with Gasteiger partial charge in [0.15, 0.2) is 5.69 Å². The van der Waals surface area contributed by atoms with Crippen LogP contribution in [0.2, 0.25) is 0 Å². The fraction of sp³-hybridized carbons (Fsp3) is 0.368. The van der Waals surface area contributed by atoms with Gasteiger partial charge >= 0.3 is 0 Å². The Morgan fingerprint density at radius 2 is 1.93 bits per heavy atom. The maximum atomic E-state index is 12.5. The minimum Gasteiger partial charge on any atom is -0.350 e. The van der Waals surface area contributed by atoms with E-state index in [0.717, 1.165) is 23.9 Å². The van der Waals surface area contributed by atoms with Crippen molar-refractivity contribution in [2.45, 2.75) is 32.1 Å². The average Bonchev–Trinajstić information content (AvgIpc) is 3.33. The van der Waals surface area contributed by atoms with E-state index in [2.05, 4.69) is 30.6 Å². The Hall–Kier alpha value is -3.16. The van der Waals surface area contributed by atoms with E-state index in [1.165, 1.54) is 25.6 Å². The summed E-state index contributed by atoms with van der Waals surface area (Å²) < 4.78 is 0. The van der Waals surface area contributed by atoms with Gasteiger partial charge in [-0.15, -0.1) is 0 Å². The Bertz CT molecular complexity index is 921. The first-order valence-corrected chi connectivity index (χ1v) is 9.28. The van der Waals surface area contributed by atoms with Gasteiger partial charge < -0.3 is 15.3 Å². The van der Waals surface area contributed by atoms with E-state index >= 15 is 0 Å². The molecule has 2 heterocycles. The number of hydrogen-bond acceptors (Lipinski definition) is 4. The summed E-state index contributed by atoms with van der Waals surface area (Å²) in [5.41, 5.74) is 1.79. The molecule has 8 nitrogen and oxygen atoms in total. The second kappa shape index (κ2) is 7.61. The zero-order valence-corrected chi connectivity index (χ0v) is 14.9. The number of aromatic nitrogens is 4. The molecule has 1 fully saturated rings. The van der Waals surface area contributed by atoms with E-state index in [4.69, 9.17) is 0 Å². The van der Waals surface area contributed by atoms with Crippen molar-refractivity contribution >= 4 is 28.8 Å². The zero-order valence-electron chi connectivity index (χ0n) is 14.9. The lowest BCUT2D eigenvalue weighted by atomic mass is 9.89. The molecular formula is C19H22N6O2. The summed E-state index contributed by atoms with van der Waals surface area (Å²) in [5.74, 6) is 0.0298. The van der Waals surface area contributed by atoms with E-state index in [1.807, 2.05) is 24.3 Å². The van der Waals surface area contributed by atoms with Crippen LogP contribution in [0.5, 0.6) is 0 Å². The van der Waals surface area contributed by atoms with Crippen LogP contribution in [0.4, 0.5) is 5.95 Å². The molecule has 0 bridgehead atoms. The molecule has 1 saturated carbocycles. The predicted molar refractivity (Wildman–Crippen MR) is 102 cm³/mol. The summed E-state index contributed by atoms with van der Waals surface area (Å²) in [7, 11) is 0. The number of imidazole rings is 2. The van der Waals surface area contributed by atoms with Crippen molar-refractivity contribution in [3.8, 4) is 0 Å². The third-order valence-electron chi connectivity index (χ3n) is 4.98. The Balaban J connectivity index is 1.42. The number of nitrogens with one attached hydrogen (secondary N) is 4. The summed E-state index contributed by atoms with van der Waals surface area (Å²) in [5, 5.41) is 5.59. The number of carbonyl (C=O) groups excluding carboxylic acids is 2. The van der Waals surface area contributed by atoms with Gasteiger partial charge in [-0.1, -0.05) is 31.4 Å². The van der Waals surface area contributed by atoms with Crippen LogP contribution in [0.1, 0.15) is 53.1 Å². The van der Waals surface area contributed by atoms with Crippen LogP contribution in [0.25, 0.3) is 11.0 Å². The molecular weight excluding hydrogens is 344 g/mol. The summed E-state index contributed by atoms with van der Waals surface area (Å²) in [4.78, 5) is 39.1. The van der Waals surface area contributed by atoms with Gasteiger partial charge in [-0.05, 0) is 30.9 Å². The van der Waals surface area contributed by atoms with Gasteiger partial charge in [-0.25, -0.2) is 9.97 Å². The van der Waals surface area contributed by atoms with Crippen molar-refractivity contribution < 1.29 is 9.59 Å². The van der Waals surface area contributed by atoms with Crippen LogP contribution in [-0.4, -0.2) is 38.3 Å². The molecule has 1 aliphatic carbocycles. The third-order valence-corrected chi connectivity index (χ3v) is 4.98. The molecule has 8 heteroatoms. The van der Waals surface area contributed by atoms with Crippen molar-refractivity contribution in [3.63, 3.8) is 0 Å². The van der Waals surface area contributed by atoms with Gasteiger partial charge in [0, 0.05) is 6.54 Å². The molecule has 4 rings (SSSR count). The Kier molecular flexibility index (Phi) is 4.86. The first-order chi connectivity index (χ1) is 13.2. The number of H-pyrrole nitrogens is 2. The normalized spacial score (nSPS) is 15.0. The second-order valence-corrected chi connectivity index (χ2v) is 6.90. The topological polar surface area (TPSA) is 116 Å². The number of hydrogen-bond donors (Lipinski definition) is 4. The average molecular weight is 366 g/mol. The maximum absolute atomic E-state index is 12.5. The highest BCUT2D eigenvalue weighted by Gasteiger charge is 2.22. The quantitative estimate of drug-likeness (QED) is 0.555. The number of anilines is 1. The van der Waals surface area contributed by atoms with Crippen molar-refractivity contribution in [2.24, 2.45) is 5.92 Å². The Labute approximate surface area is 156 Å². The lowest BCUT2D eigenvalue weighted by Crippen LogP contribution is -2.32. The largest absolute Gasteiger partial charge is 0.350 e. The highest BCUT2D eigenvalue weighted by Crippen LogP contribution is 2.23. The van der Waals surface area contributed by atoms with E-state index in [0.29, 0.717) is 18.4 Å². The molecule has 4 N–H and O–H groups in total. The lowest BCUT2D eigenvalue weighted by molar-refractivity contribution is 0.0926. The number of aromatic amines is 2. The van der Waals surface area contributed by atoms with Crippen LogP contribution in [0.15, 0.2) is 30.6 Å². The molecule has 140 valence electrons. The smallest absolute Gasteiger partial charge is 0.279 e. The van der Waals surface area contributed by atoms with E-state index in [-0.39, 0.29) is 17.3 Å². The van der Waals surface area contributed by atoms with E-state index < -0.39 is 5.91 Å². The summed E-state index contributed by atoms with van der Waals surface area (Å²) in [6.45, 7) is 0.627. The number of amides is 2. The van der Waals surface area contributed by atoms with Crippen LogP contribution < -0.4 is 10.6 Å². The highest BCUT2D eigenvalue weighted by molar-refractivity contribution is 6.09. The number of carbonyl (C=O) groups is 2. The molecule has 27 heavy (non-hydrogen) atoms. The van der Waals surface area contributed by atoms with Gasteiger partial charge in [0.1, 0.15) is 5.69 Å². The Morgan fingerprint density at radius 3 is 2.74 bits per heavy atom. The molecule has 0 saturated heterocycles. The lowest BCUT2D eigenvalue weighted by Gasteiger charge is -2.21. The number of para-hydroxylation sites is 2. The molecule has 2 aromatic heterocycles. The first-order valence-electron chi connectivity index (χ1n) is 9.28. The standard InChI is InChI=1S/C19H22N6O2/c26-17(20-10-12-6-2-1-3-7-12)15-16(22-11-21-15)18(27)25-19-23-13-8-4-5-9-14(13)24-19/h4-5,8-9,11-12H,1-3,6-7,10H2,(H,20,26)(H,21,22)(H2,23,24,25,27). The zero-order chi connectivity index (χ0) is 18.6. The molecule has 0 radical (unpaired) electrons. The van der Waals surface area contributed by atoms with Crippen molar-refractivity contribution in [2.75, 3.05) is 11.9 Å². The minimum atomic E-state index is -0.488. The predicted octanol–water partition coefficient (Wildman–Crippen LogP) is 2.85. The van der Waals surface area contributed by atoms with Crippen molar-refractivity contribution in [3.05, 3.63) is 42.0 Å². The number of benzene rings is 1. The van der Waals surface area contributed by atoms with E-state index in [9.17, 15) is 9.59 Å². The highest BCUT2D eigenvalue weighted by atomic mass is 16.2. The number of nitrogens with zero attached hydrogens (tertiary/aromatic N) is 2. The van der Waals surface area contributed by atoms with Gasteiger partial charge in [0.05, 0.1) is 17.4 Å². The molecule has 1 aliphatic rings. The molecule has 2 amide bonds. The van der Waals surface area contributed by atoms with Gasteiger partial charge in [0.2, 0.25) is 5.95 Å². The molecule has 0 spiro atoms. The molecule has 0 atom stereocenters. The van der Waals surface area contributed by atoms with Crippen molar-refractivity contribution in [1.82, 2.24) is 25.3 Å². The monoisotopic (exact) mass is 366 g/mol. The summed E-state index contributed by atoms with van der Waals surface area (Å²) in [6.07, 6.45) is 7.34. The van der Waals surface area contributed by atoms with Gasteiger partial charge in [-0.2, -0.15) is 0 Å². The summed E-state index contributed by atoms with van der Waals surface area (Å²) >= 11 is 0. The molecule has 0 aliphatic heterocycles. The molecule has 0 unspecified atom stereocenters. The molecule has 1 aromatic carbocycles. The third kappa shape index (κ3) is 3.84. The van der Waals surface area contributed by atoms with Gasteiger partial charge in [-0.3, -0.25) is 14.9 Å². The molecule has 3 aromatic rings. The number of fused-ring (bicyclic) bond motifs is 1. The van der Waals surface area contributed by atoms with Crippen molar-refractivity contribution in [1.29, 1.82) is 0 Å².